The molecule has 25 heavy (non-hydrogen) atoms. The van der Waals surface area contributed by atoms with Gasteiger partial charge in [-0.05, 0) is 53.8 Å². The minimum absolute atomic E-state index is 0.0196. The topological polar surface area (TPSA) is 97.5 Å². The van der Waals surface area contributed by atoms with Crippen molar-refractivity contribution < 1.29 is 13.2 Å². The van der Waals surface area contributed by atoms with E-state index in [-0.39, 0.29) is 16.8 Å². The Morgan fingerprint density at radius 2 is 2.08 bits per heavy atom. The highest BCUT2D eigenvalue weighted by Gasteiger charge is 2.19. The first-order valence-corrected chi connectivity index (χ1v) is 9.79. The molecule has 3 N–H and O–H groups in total. The fourth-order valence-electron chi connectivity index (χ4n) is 2.41. The third-order valence-corrected chi connectivity index (χ3v) is 5.05. The van der Waals surface area contributed by atoms with Crippen LogP contribution in [0.15, 0.2) is 45.9 Å². The van der Waals surface area contributed by atoms with E-state index in [1.807, 2.05) is 43.3 Å². The summed E-state index contributed by atoms with van der Waals surface area (Å²) in [5.74, 6) is 0.983. The molecule has 0 saturated carbocycles. The molecule has 0 bridgehead atoms. The molecule has 1 aromatic carbocycles. The van der Waals surface area contributed by atoms with Gasteiger partial charge in [0.05, 0.1) is 13.2 Å². The highest BCUT2D eigenvalue weighted by Crippen LogP contribution is 2.25. The van der Waals surface area contributed by atoms with Gasteiger partial charge in [0.2, 0.25) is 10.0 Å². The van der Waals surface area contributed by atoms with Crippen LogP contribution in [0.25, 0.3) is 0 Å². The van der Waals surface area contributed by atoms with E-state index in [1.165, 1.54) is 12.3 Å². The molecule has 0 aliphatic carbocycles. The monoisotopic (exact) mass is 428 g/mol. The molecule has 9 heteroatoms. The Labute approximate surface area is 156 Å². The number of likely N-dealkylation sites (N-methyl/N-ethyl adjacent to an activating group) is 1. The molecule has 0 aliphatic heterocycles. The normalized spacial score (nSPS) is 12.9. The first-order valence-electron chi connectivity index (χ1n) is 7.45. The van der Waals surface area contributed by atoms with Crippen molar-refractivity contribution in [1.82, 2.24) is 9.88 Å². The molecule has 136 valence electrons. The van der Waals surface area contributed by atoms with Gasteiger partial charge in [0.1, 0.15) is 16.5 Å². The number of methoxy groups -OCH3 is 1. The van der Waals surface area contributed by atoms with Gasteiger partial charge >= 0.3 is 0 Å². The zero-order valence-corrected chi connectivity index (χ0v) is 16.6. The largest absolute Gasteiger partial charge is 0.497 e. The summed E-state index contributed by atoms with van der Waals surface area (Å²) in [5.41, 5.74) is 1.03. The number of halogens is 1. The Balaban J connectivity index is 2.28. The number of hydrogen-bond donors (Lipinski definition) is 2. The van der Waals surface area contributed by atoms with Crippen LogP contribution >= 0.6 is 15.9 Å². The van der Waals surface area contributed by atoms with Gasteiger partial charge < -0.3 is 15.0 Å². The van der Waals surface area contributed by atoms with Crippen molar-refractivity contribution in [2.45, 2.75) is 10.9 Å². The van der Waals surface area contributed by atoms with Crippen LogP contribution in [0.1, 0.15) is 11.6 Å². The van der Waals surface area contributed by atoms with Crippen LogP contribution in [0.5, 0.6) is 5.75 Å². The third-order valence-electron chi connectivity index (χ3n) is 3.69. The van der Waals surface area contributed by atoms with Gasteiger partial charge in [0.25, 0.3) is 0 Å². The van der Waals surface area contributed by atoms with Gasteiger partial charge in [-0.2, -0.15) is 0 Å². The lowest BCUT2D eigenvalue weighted by Gasteiger charge is -2.26. The summed E-state index contributed by atoms with van der Waals surface area (Å²) in [6, 6.07) is 9.14. The number of pyridine rings is 1. The second kappa shape index (κ2) is 8.13. The predicted molar refractivity (Wildman–Crippen MR) is 101 cm³/mol. The zero-order chi connectivity index (χ0) is 18.6. The number of rotatable bonds is 7. The summed E-state index contributed by atoms with van der Waals surface area (Å²) in [6.45, 7) is 0.442. The van der Waals surface area contributed by atoms with Gasteiger partial charge in [-0.3, -0.25) is 0 Å². The molecule has 0 unspecified atom stereocenters. The molecule has 0 fully saturated rings. The van der Waals surface area contributed by atoms with Crippen molar-refractivity contribution in [3.63, 3.8) is 0 Å². The molecule has 0 saturated heterocycles. The second-order valence-corrected chi connectivity index (χ2v) is 8.13. The van der Waals surface area contributed by atoms with Crippen LogP contribution in [0.2, 0.25) is 0 Å². The number of benzene rings is 1. The summed E-state index contributed by atoms with van der Waals surface area (Å²) in [4.78, 5) is 6.12. The zero-order valence-electron chi connectivity index (χ0n) is 14.2. The Morgan fingerprint density at radius 1 is 1.36 bits per heavy atom. The number of nitrogens with one attached hydrogen (secondary N) is 1. The molecule has 0 spiro atoms. The molecular weight excluding hydrogens is 408 g/mol. The lowest BCUT2D eigenvalue weighted by molar-refractivity contribution is 0.310. The van der Waals surface area contributed by atoms with Crippen LogP contribution in [-0.4, -0.2) is 46.1 Å². The number of ether oxygens (including phenoxy) is 1. The SMILES string of the molecule is COc1cccc([C@H](CNc2ncc(Br)cc2S(N)(=O)=O)N(C)C)c1. The van der Waals surface area contributed by atoms with E-state index in [0.717, 1.165) is 11.3 Å². The summed E-state index contributed by atoms with van der Waals surface area (Å²) >= 11 is 3.21. The van der Waals surface area contributed by atoms with Crippen LogP contribution in [-0.2, 0) is 10.0 Å². The average Bonchev–Trinajstić information content (AvgIpc) is 2.55. The highest BCUT2D eigenvalue weighted by molar-refractivity contribution is 9.10. The lowest BCUT2D eigenvalue weighted by Crippen LogP contribution is -2.28. The number of sulfonamides is 1. The lowest BCUT2D eigenvalue weighted by atomic mass is 10.1. The first-order chi connectivity index (χ1) is 11.7. The van der Waals surface area contributed by atoms with Gasteiger partial charge in [-0.15, -0.1) is 0 Å². The Bertz CT molecular complexity index is 843. The van der Waals surface area contributed by atoms with E-state index in [1.54, 1.807) is 7.11 Å². The average molecular weight is 429 g/mol. The third kappa shape index (κ3) is 5.15. The summed E-state index contributed by atoms with van der Waals surface area (Å²) in [7, 11) is 1.62. The summed E-state index contributed by atoms with van der Waals surface area (Å²) in [5, 5.41) is 8.38. The van der Waals surface area contributed by atoms with Gasteiger partial charge in [-0.25, -0.2) is 18.5 Å². The predicted octanol–water partition coefficient (Wildman–Crippen LogP) is 2.21. The fourth-order valence-corrected chi connectivity index (χ4v) is 3.58. The minimum Gasteiger partial charge on any atom is -0.497 e. The molecule has 0 radical (unpaired) electrons. The molecule has 1 heterocycles. The molecule has 2 aromatic rings. The van der Waals surface area contributed by atoms with E-state index < -0.39 is 10.0 Å². The van der Waals surface area contributed by atoms with Crippen molar-refractivity contribution in [2.75, 3.05) is 33.1 Å². The number of hydrogen-bond acceptors (Lipinski definition) is 6. The number of anilines is 1. The number of nitrogens with zero attached hydrogens (tertiary/aromatic N) is 2. The summed E-state index contributed by atoms with van der Waals surface area (Å²) in [6.07, 6.45) is 1.52. The molecule has 0 aliphatic rings. The van der Waals surface area contributed by atoms with E-state index in [0.29, 0.717) is 11.0 Å². The maximum absolute atomic E-state index is 11.8. The second-order valence-electron chi connectivity index (χ2n) is 5.68. The van der Waals surface area contributed by atoms with Gasteiger partial charge in [0.15, 0.2) is 0 Å². The minimum atomic E-state index is -3.89. The smallest absolute Gasteiger partial charge is 0.241 e. The van der Waals surface area contributed by atoms with E-state index in [4.69, 9.17) is 9.88 Å². The molecule has 7 nitrogen and oxygen atoms in total. The van der Waals surface area contributed by atoms with Gasteiger partial charge in [0, 0.05) is 17.2 Å². The number of aromatic nitrogens is 1. The standard InChI is InChI=1S/C16H21BrN4O3S/c1-21(2)14(11-5-4-6-13(7-11)24-3)10-20-16-15(25(18,22)23)8-12(17)9-19-16/h4-9,14H,10H2,1-3H3,(H,19,20)(H2,18,22,23)/t14-/m0/s1. The van der Waals surface area contributed by atoms with Crippen LogP contribution in [0, 0.1) is 0 Å². The first kappa shape index (κ1) is 19.6. The van der Waals surface area contributed by atoms with Crippen molar-refractivity contribution in [3.8, 4) is 5.75 Å². The molecule has 1 aromatic heterocycles. The van der Waals surface area contributed by atoms with E-state index >= 15 is 0 Å². The fraction of sp³-hybridized carbons (Fsp3) is 0.312. The highest BCUT2D eigenvalue weighted by atomic mass is 79.9. The van der Waals surface area contributed by atoms with Crippen molar-refractivity contribution in [3.05, 3.63) is 46.6 Å². The van der Waals surface area contributed by atoms with Crippen molar-refractivity contribution in [1.29, 1.82) is 0 Å². The maximum atomic E-state index is 11.8. The number of primary sulfonamides is 1. The van der Waals surface area contributed by atoms with Crippen LogP contribution in [0.4, 0.5) is 5.82 Å². The Morgan fingerprint density at radius 3 is 2.68 bits per heavy atom. The van der Waals surface area contributed by atoms with E-state index in [2.05, 4.69) is 26.2 Å². The Kier molecular flexibility index (Phi) is 6.39. The quantitative estimate of drug-likeness (QED) is 0.701. The molecule has 0 amide bonds. The molecular formula is C16H21BrN4O3S. The van der Waals surface area contributed by atoms with Crippen molar-refractivity contribution in [2.24, 2.45) is 5.14 Å². The van der Waals surface area contributed by atoms with Gasteiger partial charge in [-0.1, -0.05) is 12.1 Å². The van der Waals surface area contributed by atoms with Crippen LogP contribution < -0.4 is 15.2 Å². The van der Waals surface area contributed by atoms with E-state index in [9.17, 15) is 8.42 Å². The molecule has 1 atom stereocenters. The Hall–Kier alpha value is -1.68. The number of nitrogens with two attached hydrogens (primary N) is 1. The van der Waals surface area contributed by atoms with Crippen molar-refractivity contribution >= 4 is 31.8 Å². The molecule has 2 rings (SSSR count). The van der Waals surface area contributed by atoms with Crippen LogP contribution in [0.3, 0.4) is 0 Å². The summed E-state index contributed by atoms with van der Waals surface area (Å²) < 4.78 is 29.4. The maximum Gasteiger partial charge on any atom is 0.241 e.